The third-order valence-corrected chi connectivity index (χ3v) is 7.47. The number of fused-ring (bicyclic) bond motifs is 1. The molecule has 2 fully saturated rings. The smallest absolute Gasteiger partial charge is 0.184 e. The fraction of sp³-hybridized carbons (Fsp3) is 0.654. The first-order valence-electron chi connectivity index (χ1n) is 11.8. The van der Waals surface area contributed by atoms with E-state index in [1.807, 2.05) is 25.1 Å². The average Bonchev–Trinajstić information content (AvgIpc) is 2.70. The van der Waals surface area contributed by atoms with Crippen LogP contribution in [0.15, 0.2) is 43.0 Å². The molecule has 1 aromatic rings. The molecule has 5 nitrogen and oxygen atoms in total. The number of Topliss-reactive ketones (excluding diaryl/α,β-unsaturated/α-hetero) is 1. The summed E-state index contributed by atoms with van der Waals surface area (Å²) in [6, 6.07) is 10.2. The van der Waals surface area contributed by atoms with Gasteiger partial charge in [0.1, 0.15) is 11.2 Å². The quantitative estimate of drug-likeness (QED) is 0.264. The minimum atomic E-state index is -1.83. The summed E-state index contributed by atoms with van der Waals surface area (Å²) in [5.41, 5.74) is -0.330. The molecule has 2 aliphatic heterocycles. The Hall–Kier alpha value is -1.31. The van der Waals surface area contributed by atoms with Gasteiger partial charge in [-0.1, -0.05) is 36.4 Å². The van der Waals surface area contributed by atoms with E-state index >= 15 is 0 Å². The molecule has 0 unspecified atom stereocenters. The first-order valence-corrected chi connectivity index (χ1v) is 15.3. The van der Waals surface area contributed by atoms with Crippen molar-refractivity contribution in [1.82, 2.24) is 0 Å². The minimum Gasteiger partial charge on any atom is -0.412 e. The van der Waals surface area contributed by atoms with E-state index in [1.54, 1.807) is 6.08 Å². The van der Waals surface area contributed by atoms with Crippen molar-refractivity contribution in [2.24, 2.45) is 0 Å². The summed E-state index contributed by atoms with van der Waals surface area (Å²) in [5.74, 6) is 0.0819. The van der Waals surface area contributed by atoms with E-state index in [9.17, 15) is 4.79 Å². The van der Waals surface area contributed by atoms with Crippen LogP contribution >= 0.6 is 0 Å². The van der Waals surface area contributed by atoms with Crippen LogP contribution in [-0.4, -0.2) is 50.2 Å². The molecule has 3 rings (SSSR count). The van der Waals surface area contributed by atoms with E-state index in [1.165, 1.54) is 5.56 Å². The van der Waals surface area contributed by atoms with E-state index in [0.29, 0.717) is 26.1 Å². The zero-order chi connectivity index (χ0) is 23.4. The number of rotatable bonds is 10. The van der Waals surface area contributed by atoms with Gasteiger partial charge in [0.25, 0.3) is 0 Å². The highest BCUT2D eigenvalue weighted by molar-refractivity contribution is 6.69. The zero-order valence-corrected chi connectivity index (χ0v) is 21.4. The van der Waals surface area contributed by atoms with Gasteiger partial charge < -0.3 is 18.6 Å². The van der Waals surface area contributed by atoms with Gasteiger partial charge in [-0.2, -0.15) is 0 Å². The molecule has 0 bridgehead atoms. The Morgan fingerprint density at radius 1 is 1.22 bits per heavy atom. The van der Waals surface area contributed by atoms with Crippen molar-refractivity contribution in [2.45, 2.75) is 102 Å². The SMILES string of the molecule is C=CC[C@@]1(C)O[C@@]2(C)[C@@H](O[Si](C)(C)C)C[C@H](CCCOCc3ccccc3)O[C@@H]2CC1=O. The van der Waals surface area contributed by atoms with E-state index in [-0.39, 0.29) is 24.1 Å². The van der Waals surface area contributed by atoms with E-state index < -0.39 is 19.5 Å². The van der Waals surface area contributed by atoms with Gasteiger partial charge >= 0.3 is 0 Å². The lowest BCUT2D eigenvalue weighted by atomic mass is 9.76. The second kappa shape index (κ2) is 10.3. The van der Waals surface area contributed by atoms with Crippen LogP contribution in [0.5, 0.6) is 0 Å². The van der Waals surface area contributed by atoms with Gasteiger partial charge in [0.05, 0.1) is 24.9 Å². The molecule has 5 atom stereocenters. The first-order chi connectivity index (χ1) is 15.1. The van der Waals surface area contributed by atoms with Gasteiger partial charge in [-0.25, -0.2) is 0 Å². The minimum absolute atomic E-state index is 0.0370. The lowest BCUT2D eigenvalue weighted by Gasteiger charge is -2.56. The molecule has 0 amide bonds. The molecule has 32 heavy (non-hydrogen) atoms. The van der Waals surface area contributed by atoms with E-state index in [4.69, 9.17) is 18.6 Å². The Balaban J connectivity index is 1.62. The van der Waals surface area contributed by atoms with Crippen LogP contribution in [0.4, 0.5) is 0 Å². The topological polar surface area (TPSA) is 54.0 Å². The molecule has 2 saturated heterocycles. The van der Waals surface area contributed by atoms with Crippen LogP contribution in [0.25, 0.3) is 0 Å². The molecule has 2 heterocycles. The Morgan fingerprint density at radius 2 is 1.94 bits per heavy atom. The summed E-state index contributed by atoms with van der Waals surface area (Å²) in [6.45, 7) is 15.7. The monoisotopic (exact) mass is 460 g/mol. The summed E-state index contributed by atoms with van der Waals surface area (Å²) < 4.78 is 25.5. The van der Waals surface area contributed by atoms with Crippen molar-refractivity contribution in [3.63, 3.8) is 0 Å². The standard InChI is InChI=1S/C26H40O5Si/c1-7-15-25(2)22(27)18-23-26(3,31-25)24(30-32(4,5)6)17-21(29-23)14-11-16-28-19-20-12-9-8-10-13-20/h7-10,12-13,21,23-24H,1,11,14-19H2,2-6H3/t21-,23+,24-,25+,26+/m0/s1. The molecule has 178 valence electrons. The normalized spacial score (nSPS) is 33.0. The number of hydrogen-bond donors (Lipinski definition) is 0. The summed E-state index contributed by atoms with van der Waals surface area (Å²) in [6.07, 6.45) is 4.82. The molecule has 0 radical (unpaired) electrons. The van der Waals surface area contributed by atoms with Gasteiger partial charge in [0, 0.05) is 25.9 Å². The average molecular weight is 461 g/mol. The number of benzene rings is 1. The molecule has 6 heteroatoms. The third-order valence-electron chi connectivity index (χ3n) is 6.47. The van der Waals surface area contributed by atoms with Crippen LogP contribution in [0.3, 0.4) is 0 Å². The third kappa shape index (κ3) is 6.17. The van der Waals surface area contributed by atoms with Crippen LogP contribution in [-0.2, 0) is 30.0 Å². The maximum absolute atomic E-state index is 12.9. The highest BCUT2D eigenvalue weighted by atomic mass is 28.4. The van der Waals surface area contributed by atoms with Crippen molar-refractivity contribution in [1.29, 1.82) is 0 Å². The Morgan fingerprint density at radius 3 is 2.59 bits per heavy atom. The van der Waals surface area contributed by atoms with Gasteiger partial charge in [-0.3, -0.25) is 4.79 Å². The fourth-order valence-electron chi connectivity index (χ4n) is 4.80. The van der Waals surface area contributed by atoms with Crippen LogP contribution in [0, 0.1) is 0 Å². The van der Waals surface area contributed by atoms with Crippen molar-refractivity contribution in [3.8, 4) is 0 Å². The van der Waals surface area contributed by atoms with Gasteiger partial charge in [0.15, 0.2) is 14.1 Å². The van der Waals surface area contributed by atoms with Crippen molar-refractivity contribution in [2.75, 3.05) is 6.61 Å². The summed E-state index contributed by atoms with van der Waals surface area (Å²) in [5, 5.41) is 0. The van der Waals surface area contributed by atoms with Gasteiger partial charge in [0.2, 0.25) is 0 Å². The Kier molecular flexibility index (Phi) is 8.15. The predicted octanol–water partition coefficient (Wildman–Crippen LogP) is 5.44. The molecule has 0 aromatic heterocycles. The molecule has 0 aliphatic carbocycles. The second-order valence-corrected chi connectivity index (χ2v) is 15.0. The molecule has 0 spiro atoms. The van der Waals surface area contributed by atoms with Crippen LogP contribution in [0.2, 0.25) is 19.6 Å². The summed E-state index contributed by atoms with van der Waals surface area (Å²) in [4.78, 5) is 12.9. The van der Waals surface area contributed by atoms with Crippen LogP contribution < -0.4 is 0 Å². The van der Waals surface area contributed by atoms with Crippen molar-refractivity contribution in [3.05, 3.63) is 48.6 Å². The molecule has 0 saturated carbocycles. The Labute approximate surface area is 194 Å². The highest BCUT2D eigenvalue weighted by Gasteiger charge is 2.59. The lowest BCUT2D eigenvalue weighted by Crippen LogP contribution is -2.68. The second-order valence-electron chi connectivity index (χ2n) is 10.5. The fourth-order valence-corrected chi connectivity index (χ4v) is 5.98. The number of hydrogen-bond acceptors (Lipinski definition) is 5. The molecule has 1 aromatic carbocycles. The molecular weight excluding hydrogens is 420 g/mol. The maximum Gasteiger partial charge on any atom is 0.184 e. The van der Waals surface area contributed by atoms with Gasteiger partial charge in [-0.05, 0) is 51.9 Å². The van der Waals surface area contributed by atoms with E-state index in [0.717, 1.165) is 19.3 Å². The van der Waals surface area contributed by atoms with Crippen molar-refractivity contribution >= 4 is 14.1 Å². The van der Waals surface area contributed by atoms with E-state index in [2.05, 4.69) is 45.3 Å². The maximum atomic E-state index is 12.9. The molecular formula is C26H40O5Si. The summed E-state index contributed by atoms with van der Waals surface area (Å²) in [7, 11) is -1.83. The predicted molar refractivity (Wildman–Crippen MR) is 129 cm³/mol. The largest absolute Gasteiger partial charge is 0.412 e. The molecule has 0 N–H and O–H groups in total. The Bertz CT molecular complexity index is 776. The van der Waals surface area contributed by atoms with Crippen molar-refractivity contribution < 1.29 is 23.4 Å². The zero-order valence-electron chi connectivity index (χ0n) is 20.4. The summed E-state index contributed by atoms with van der Waals surface area (Å²) >= 11 is 0. The van der Waals surface area contributed by atoms with Crippen LogP contribution in [0.1, 0.15) is 51.5 Å². The molecule has 2 aliphatic rings. The van der Waals surface area contributed by atoms with Gasteiger partial charge in [-0.15, -0.1) is 6.58 Å². The number of carbonyl (C=O) groups is 1. The lowest BCUT2D eigenvalue weighted by molar-refractivity contribution is -0.284. The number of carbonyl (C=O) groups excluding carboxylic acids is 1. The number of ether oxygens (including phenoxy) is 3. The first kappa shape index (κ1) is 25.3. The number of ketones is 1. The highest BCUT2D eigenvalue weighted by Crippen LogP contribution is 2.45.